The van der Waals surface area contributed by atoms with Crippen molar-refractivity contribution in [2.24, 2.45) is 5.92 Å². The van der Waals surface area contributed by atoms with E-state index in [9.17, 15) is 8.42 Å². The van der Waals surface area contributed by atoms with Crippen molar-refractivity contribution >= 4 is 27.3 Å². The fourth-order valence-corrected chi connectivity index (χ4v) is 3.06. The zero-order valence-corrected chi connectivity index (χ0v) is 13.1. The summed E-state index contributed by atoms with van der Waals surface area (Å²) in [4.78, 5) is 0.116. The molecule has 0 spiro atoms. The monoisotopic (exact) mass is 304 g/mol. The van der Waals surface area contributed by atoms with Crippen molar-refractivity contribution in [2.45, 2.75) is 38.5 Å². The van der Waals surface area contributed by atoms with Crippen molar-refractivity contribution in [1.82, 2.24) is 4.72 Å². The van der Waals surface area contributed by atoms with Crippen LogP contribution in [0.5, 0.6) is 0 Å². The first-order chi connectivity index (χ1) is 8.74. The number of anilines is 1. The van der Waals surface area contributed by atoms with Crippen LogP contribution < -0.4 is 10.5 Å². The molecular weight excluding hydrogens is 284 g/mol. The molecule has 0 radical (unpaired) electrons. The minimum absolute atomic E-state index is 0.116. The van der Waals surface area contributed by atoms with Crippen molar-refractivity contribution in [1.29, 1.82) is 0 Å². The Hall–Kier alpha value is -0.780. The summed E-state index contributed by atoms with van der Waals surface area (Å²) in [5.41, 5.74) is 6.82. The molecule has 0 aliphatic carbocycles. The third kappa shape index (κ3) is 4.67. The number of rotatable bonds is 6. The molecule has 0 amide bonds. The van der Waals surface area contributed by atoms with Gasteiger partial charge in [0.2, 0.25) is 10.0 Å². The molecule has 0 aromatic heterocycles. The fourth-order valence-electron chi connectivity index (χ4n) is 1.63. The lowest BCUT2D eigenvalue weighted by molar-refractivity contribution is 0.540. The van der Waals surface area contributed by atoms with E-state index in [4.69, 9.17) is 17.3 Å². The molecule has 0 bridgehead atoms. The van der Waals surface area contributed by atoms with Crippen LogP contribution in [0.2, 0.25) is 5.02 Å². The minimum atomic E-state index is -3.53. The van der Waals surface area contributed by atoms with E-state index in [2.05, 4.69) is 18.6 Å². The molecule has 19 heavy (non-hydrogen) atoms. The second-order valence-corrected chi connectivity index (χ2v) is 7.23. The normalized spacial score (nSPS) is 12.1. The second-order valence-electron chi connectivity index (χ2n) is 5.05. The van der Waals surface area contributed by atoms with Crippen LogP contribution in [0.1, 0.15) is 32.3 Å². The number of hydrogen-bond donors (Lipinski definition) is 2. The van der Waals surface area contributed by atoms with Gasteiger partial charge in [-0.15, -0.1) is 0 Å². The predicted molar refractivity (Wildman–Crippen MR) is 79.9 cm³/mol. The van der Waals surface area contributed by atoms with Gasteiger partial charge in [-0.1, -0.05) is 25.4 Å². The molecule has 108 valence electrons. The Balaban J connectivity index is 2.78. The number of nitrogen functional groups attached to an aromatic ring is 1. The number of sulfonamides is 1. The molecule has 3 N–H and O–H groups in total. The maximum absolute atomic E-state index is 12.1. The summed E-state index contributed by atoms with van der Waals surface area (Å²) < 4.78 is 26.7. The van der Waals surface area contributed by atoms with Gasteiger partial charge in [-0.3, -0.25) is 0 Å². The standard InChI is InChI=1S/C13H21ClN2O2S/c1-9(2)5-4-6-16-19(17,18)11-7-12(14)10(3)13(15)8-11/h7-9,16H,4-6,15H2,1-3H3. The molecule has 0 fully saturated rings. The molecule has 0 heterocycles. The Labute approximate surface area is 120 Å². The van der Waals surface area contributed by atoms with E-state index in [0.29, 0.717) is 28.7 Å². The predicted octanol–water partition coefficient (Wildman–Crippen LogP) is 2.95. The van der Waals surface area contributed by atoms with Gasteiger partial charge in [0.25, 0.3) is 0 Å². The van der Waals surface area contributed by atoms with Gasteiger partial charge >= 0.3 is 0 Å². The minimum Gasteiger partial charge on any atom is -0.398 e. The van der Waals surface area contributed by atoms with E-state index in [1.165, 1.54) is 12.1 Å². The first-order valence-electron chi connectivity index (χ1n) is 6.29. The van der Waals surface area contributed by atoms with Crippen LogP contribution >= 0.6 is 11.6 Å². The average molecular weight is 305 g/mol. The van der Waals surface area contributed by atoms with E-state index < -0.39 is 10.0 Å². The third-order valence-corrected chi connectivity index (χ3v) is 4.75. The fraction of sp³-hybridized carbons (Fsp3) is 0.538. The molecule has 0 unspecified atom stereocenters. The second kappa shape index (κ2) is 6.59. The quantitative estimate of drug-likeness (QED) is 0.627. The summed E-state index contributed by atoms with van der Waals surface area (Å²) >= 11 is 5.96. The molecule has 4 nitrogen and oxygen atoms in total. The summed E-state index contributed by atoms with van der Waals surface area (Å²) in [5, 5.41) is 0.363. The van der Waals surface area contributed by atoms with E-state index in [0.717, 1.165) is 12.8 Å². The summed E-state index contributed by atoms with van der Waals surface area (Å²) in [5.74, 6) is 0.564. The van der Waals surface area contributed by atoms with E-state index in [1.54, 1.807) is 6.92 Å². The van der Waals surface area contributed by atoms with Gasteiger partial charge in [0.15, 0.2) is 0 Å². The summed E-state index contributed by atoms with van der Waals surface area (Å²) in [7, 11) is -3.53. The molecule has 0 saturated heterocycles. The molecule has 1 aromatic rings. The van der Waals surface area contributed by atoms with Gasteiger partial charge in [-0.05, 0) is 43.4 Å². The van der Waals surface area contributed by atoms with E-state index >= 15 is 0 Å². The Kier molecular flexibility index (Phi) is 5.64. The molecule has 6 heteroatoms. The highest BCUT2D eigenvalue weighted by atomic mass is 35.5. The van der Waals surface area contributed by atoms with Crippen LogP contribution in [0, 0.1) is 12.8 Å². The summed E-state index contributed by atoms with van der Waals surface area (Å²) in [6.45, 7) is 6.39. The number of hydrogen-bond acceptors (Lipinski definition) is 3. The van der Waals surface area contributed by atoms with E-state index in [-0.39, 0.29) is 4.90 Å². The van der Waals surface area contributed by atoms with Crippen molar-refractivity contribution < 1.29 is 8.42 Å². The van der Waals surface area contributed by atoms with Crippen molar-refractivity contribution in [2.75, 3.05) is 12.3 Å². The number of benzene rings is 1. The smallest absolute Gasteiger partial charge is 0.240 e. The van der Waals surface area contributed by atoms with Gasteiger partial charge in [0.05, 0.1) is 4.90 Å². The van der Waals surface area contributed by atoms with Gasteiger partial charge in [0.1, 0.15) is 0 Å². The van der Waals surface area contributed by atoms with Crippen molar-refractivity contribution in [3.63, 3.8) is 0 Å². The van der Waals surface area contributed by atoms with Crippen molar-refractivity contribution in [3.05, 3.63) is 22.7 Å². The highest BCUT2D eigenvalue weighted by molar-refractivity contribution is 7.89. The lowest BCUT2D eigenvalue weighted by Crippen LogP contribution is -2.25. The Bertz CT molecular complexity index is 519. The molecular formula is C13H21ClN2O2S. The van der Waals surface area contributed by atoms with Crippen LogP contribution in [0.15, 0.2) is 17.0 Å². The largest absolute Gasteiger partial charge is 0.398 e. The third-order valence-electron chi connectivity index (χ3n) is 2.92. The topological polar surface area (TPSA) is 72.2 Å². The lowest BCUT2D eigenvalue weighted by atomic mass is 10.1. The van der Waals surface area contributed by atoms with Crippen LogP contribution in [0.25, 0.3) is 0 Å². The van der Waals surface area contributed by atoms with Gasteiger partial charge in [0, 0.05) is 17.3 Å². The average Bonchev–Trinajstić information content (AvgIpc) is 2.31. The highest BCUT2D eigenvalue weighted by Crippen LogP contribution is 2.25. The maximum Gasteiger partial charge on any atom is 0.240 e. The highest BCUT2D eigenvalue weighted by Gasteiger charge is 2.16. The van der Waals surface area contributed by atoms with Crippen molar-refractivity contribution in [3.8, 4) is 0 Å². The lowest BCUT2D eigenvalue weighted by Gasteiger charge is -2.10. The van der Waals surface area contributed by atoms with Gasteiger partial charge < -0.3 is 5.73 Å². The first kappa shape index (κ1) is 16.3. The SMILES string of the molecule is Cc1c(N)cc(S(=O)(=O)NCCCC(C)C)cc1Cl. The molecule has 1 rings (SSSR count). The molecule has 1 aromatic carbocycles. The van der Waals surface area contributed by atoms with Gasteiger partial charge in [-0.2, -0.15) is 0 Å². The summed E-state index contributed by atoms with van der Waals surface area (Å²) in [6, 6.07) is 2.87. The van der Waals surface area contributed by atoms with Crippen LogP contribution in [-0.2, 0) is 10.0 Å². The van der Waals surface area contributed by atoms with Crippen LogP contribution in [0.4, 0.5) is 5.69 Å². The van der Waals surface area contributed by atoms with Crippen LogP contribution in [-0.4, -0.2) is 15.0 Å². The zero-order valence-electron chi connectivity index (χ0n) is 11.5. The number of halogens is 1. The molecule has 0 atom stereocenters. The maximum atomic E-state index is 12.1. The zero-order chi connectivity index (χ0) is 14.6. The molecule has 0 saturated carbocycles. The number of nitrogens with one attached hydrogen (secondary N) is 1. The Morgan fingerprint density at radius 3 is 2.53 bits per heavy atom. The van der Waals surface area contributed by atoms with Gasteiger partial charge in [-0.25, -0.2) is 13.1 Å². The van der Waals surface area contributed by atoms with E-state index in [1.807, 2.05) is 0 Å². The number of nitrogens with two attached hydrogens (primary N) is 1. The Morgan fingerprint density at radius 2 is 2.00 bits per heavy atom. The Morgan fingerprint density at radius 1 is 1.37 bits per heavy atom. The van der Waals surface area contributed by atoms with Crippen LogP contribution in [0.3, 0.4) is 0 Å². The molecule has 0 aliphatic rings. The summed E-state index contributed by atoms with van der Waals surface area (Å²) in [6.07, 6.45) is 1.80. The molecule has 0 aliphatic heterocycles. The first-order valence-corrected chi connectivity index (χ1v) is 8.15.